The van der Waals surface area contributed by atoms with E-state index in [-0.39, 0.29) is 11.8 Å². The van der Waals surface area contributed by atoms with E-state index in [4.69, 9.17) is 0 Å². The average Bonchev–Trinajstić information content (AvgIpc) is 2.80. The van der Waals surface area contributed by atoms with E-state index in [9.17, 15) is 9.59 Å². The number of halogens is 1. The zero-order valence-corrected chi connectivity index (χ0v) is 13.9. The summed E-state index contributed by atoms with van der Waals surface area (Å²) in [4.78, 5) is 25.7. The number of hydrogen-bond donors (Lipinski definition) is 1. The maximum Gasteiger partial charge on any atom is 0.277 e. The van der Waals surface area contributed by atoms with Crippen molar-refractivity contribution in [1.29, 1.82) is 0 Å². The van der Waals surface area contributed by atoms with Crippen molar-refractivity contribution in [2.45, 2.75) is 6.42 Å². The molecule has 1 aliphatic rings. The van der Waals surface area contributed by atoms with Crippen molar-refractivity contribution in [3.8, 4) is 0 Å². The normalized spacial score (nSPS) is 14.1. The first kappa shape index (κ1) is 15.5. The third-order valence-electron chi connectivity index (χ3n) is 3.58. The van der Waals surface area contributed by atoms with Gasteiger partial charge in [-0.3, -0.25) is 14.5 Å². The second-order valence-corrected chi connectivity index (χ2v) is 6.14. The van der Waals surface area contributed by atoms with Crippen LogP contribution in [0.25, 0.3) is 0 Å². The largest absolute Gasteiger partial charge is 0.351 e. The van der Waals surface area contributed by atoms with Crippen LogP contribution in [-0.2, 0) is 16.0 Å². The van der Waals surface area contributed by atoms with Crippen molar-refractivity contribution in [1.82, 2.24) is 4.90 Å². The first-order valence-electron chi connectivity index (χ1n) is 7.27. The summed E-state index contributed by atoms with van der Waals surface area (Å²) in [5.41, 5.74) is 2.17. The number of hydrogen-bond acceptors (Lipinski definition) is 3. The summed E-state index contributed by atoms with van der Waals surface area (Å²) in [6.07, 6.45) is 2.00. The molecule has 0 saturated heterocycles. The molecular formula is C18H15BrN2O2. The molecule has 1 N–H and O–H groups in total. The Labute approximate surface area is 142 Å². The number of nitrogens with zero attached hydrogens (tertiary/aromatic N) is 1. The van der Waals surface area contributed by atoms with Crippen LogP contribution in [0.5, 0.6) is 0 Å². The summed E-state index contributed by atoms with van der Waals surface area (Å²) in [5.74, 6) is -0.561. The van der Waals surface area contributed by atoms with Gasteiger partial charge >= 0.3 is 0 Å². The van der Waals surface area contributed by atoms with Crippen molar-refractivity contribution in [3.05, 3.63) is 76.4 Å². The summed E-state index contributed by atoms with van der Waals surface area (Å²) in [7, 11) is 0. The second kappa shape index (κ2) is 6.79. The molecule has 5 heteroatoms. The molecule has 0 aliphatic carbocycles. The highest BCUT2D eigenvalue weighted by molar-refractivity contribution is 9.10. The quantitative estimate of drug-likeness (QED) is 0.821. The summed E-state index contributed by atoms with van der Waals surface area (Å²) in [5, 5.41) is 3.01. The minimum Gasteiger partial charge on any atom is -0.351 e. The van der Waals surface area contributed by atoms with Gasteiger partial charge in [-0.05, 0) is 30.2 Å². The number of amides is 2. The van der Waals surface area contributed by atoms with Gasteiger partial charge in [-0.15, -0.1) is 0 Å². The van der Waals surface area contributed by atoms with Crippen LogP contribution in [0.4, 0.5) is 5.69 Å². The number of nitrogens with one attached hydrogen (secondary N) is 1. The van der Waals surface area contributed by atoms with Crippen LogP contribution in [0.2, 0.25) is 0 Å². The Kier molecular flexibility index (Phi) is 4.57. The van der Waals surface area contributed by atoms with E-state index in [1.54, 1.807) is 0 Å². The van der Waals surface area contributed by atoms with E-state index in [0.717, 1.165) is 15.7 Å². The van der Waals surface area contributed by atoms with Gasteiger partial charge in [-0.25, -0.2) is 0 Å². The third kappa shape index (κ3) is 3.68. The van der Waals surface area contributed by atoms with E-state index >= 15 is 0 Å². The zero-order valence-electron chi connectivity index (χ0n) is 12.3. The van der Waals surface area contributed by atoms with Gasteiger partial charge in [0.2, 0.25) is 0 Å². The van der Waals surface area contributed by atoms with Crippen LogP contribution >= 0.6 is 15.9 Å². The Bertz CT molecular complexity index is 772. The molecule has 1 aliphatic heterocycles. The molecule has 2 amide bonds. The standard InChI is InChI=1S/C18H15BrN2O2/c19-14-7-4-8-15(11-14)20-16-12-17(22)21(18(16)23)10-9-13-5-2-1-3-6-13/h1-8,11-12,20H,9-10H2. The molecule has 0 fully saturated rings. The predicted molar refractivity (Wildman–Crippen MR) is 92.7 cm³/mol. The highest BCUT2D eigenvalue weighted by Crippen LogP contribution is 2.20. The van der Waals surface area contributed by atoms with E-state index in [0.29, 0.717) is 18.7 Å². The molecule has 0 radical (unpaired) electrons. The Balaban J connectivity index is 1.65. The Hall–Kier alpha value is -2.40. The van der Waals surface area contributed by atoms with Crippen LogP contribution in [0.3, 0.4) is 0 Å². The van der Waals surface area contributed by atoms with Crippen LogP contribution in [0.1, 0.15) is 5.56 Å². The molecule has 2 aromatic carbocycles. The maximum atomic E-state index is 12.4. The van der Waals surface area contributed by atoms with Gasteiger partial charge in [0.1, 0.15) is 5.70 Å². The lowest BCUT2D eigenvalue weighted by molar-refractivity contribution is -0.137. The SMILES string of the molecule is O=C1C=C(Nc2cccc(Br)c2)C(=O)N1CCc1ccccc1. The van der Waals surface area contributed by atoms with Crippen LogP contribution < -0.4 is 5.32 Å². The number of benzene rings is 2. The summed E-state index contributed by atoms with van der Waals surface area (Å²) in [6.45, 7) is 0.377. The van der Waals surface area contributed by atoms with Crippen molar-refractivity contribution >= 4 is 33.4 Å². The predicted octanol–water partition coefficient (Wildman–Crippen LogP) is 3.36. The van der Waals surface area contributed by atoms with Crippen molar-refractivity contribution in [2.24, 2.45) is 0 Å². The van der Waals surface area contributed by atoms with Crippen molar-refractivity contribution in [3.63, 3.8) is 0 Å². The van der Waals surface area contributed by atoms with Crippen molar-refractivity contribution in [2.75, 3.05) is 11.9 Å². The van der Waals surface area contributed by atoms with Gasteiger partial charge in [0.05, 0.1) is 0 Å². The minimum absolute atomic E-state index is 0.275. The Morgan fingerprint density at radius 1 is 1.00 bits per heavy atom. The lowest BCUT2D eigenvalue weighted by atomic mass is 10.1. The fourth-order valence-corrected chi connectivity index (χ4v) is 2.82. The molecule has 0 atom stereocenters. The van der Waals surface area contributed by atoms with Gasteiger partial charge in [-0.1, -0.05) is 52.3 Å². The molecule has 0 unspecified atom stereocenters. The van der Waals surface area contributed by atoms with E-state index in [1.165, 1.54) is 11.0 Å². The number of rotatable bonds is 5. The second-order valence-electron chi connectivity index (χ2n) is 5.22. The van der Waals surface area contributed by atoms with Gasteiger partial charge in [0, 0.05) is 22.8 Å². The number of anilines is 1. The van der Waals surface area contributed by atoms with Crippen LogP contribution in [0, 0.1) is 0 Å². The summed E-state index contributed by atoms with van der Waals surface area (Å²) >= 11 is 3.38. The molecule has 116 valence electrons. The first-order chi connectivity index (χ1) is 11.1. The first-order valence-corrected chi connectivity index (χ1v) is 8.07. The highest BCUT2D eigenvalue weighted by Gasteiger charge is 2.30. The monoisotopic (exact) mass is 370 g/mol. The van der Waals surface area contributed by atoms with Crippen LogP contribution in [0.15, 0.2) is 70.8 Å². The number of carbonyl (C=O) groups excluding carboxylic acids is 2. The number of imide groups is 1. The van der Waals surface area contributed by atoms with Crippen molar-refractivity contribution < 1.29 is 9.59 Å². The molecule has 1 heterocycles. The van der Waals surface area contributed by atoms with Gasteiger partial charge in [0.15, 0.2) is 0 Å². The van der Waals surface area contributed by atoms with E-state index in [2.05, 4.69) is 21.2 Å². The molecule has 0 bridgehead atoms. The topological polar surface area (TPSA) is 49.4 Å². The zero-order chi connectivity index (χ0) is 16.2. The molecule has 3 rings (SSSR count). The molecule has 4 nitrogen and oxygen atoms in total. The van der Waals surface area contributed by atoms with Crippen LogP contribution in [-0.4, -0.2) is 23.3 Å². The molecule has 23 heavy (non-hydrogen) atoms. The lowest BCUT2D eigenvalue weighted by Crippen LogP contribution is -2.33. The fourth-order valence-electron chi connectivity index (χ4n) is 2.42. The average molecular weight is 371 g/mol. The van der Waals surface area contributed by atoms with Gasteiger partial charge in [-0.2, -0.15) is 0 Å². The molecular weight excluding hydrogens is 356 g/mol. The van der Waals surface area contributed by atoms with Gasteiger partial charge in [0.25, 0.3) is 11.8 Å². The molecule has 0 aromatic heterocycles. The van der Waals surface area contributed by atoms with E-state index in [1.807, 2.05) is 54.6 Å². The molecule has 2 aromatic rings. The lowest BCUT2D eigenvalue weighted by Gasteiger charge is -2.15. The number of carbonyl (C=O) groups is 2. The maximum absolute atomic E-state index is 12.4. The fraction of sp³-hybridized carbons (Fsp3) is 0.111. The Morgan fingerprint density at radius 2 is 1.78 bits per heavy atom. The minimum atomic E-state index is -0.286. The van der Waals surface area contributed by atoms with Gasteiger partial charge < -0.3 is 5.32 Å². The smallest absolute Gasteiger partial charge is 0.277 e. The Morgan fingerprint density at radius 3 is 2.52 bits per heavy atom. The summed E-state index contributed by atoms with van der Waals surface area (Å²) < 4.78 is 0.904. The van der Waals surface area contributed by atoms with E-state index < -0.39 is 0 Å². The summed E-state index contributed by atoms with van der Waals surface area (Å²) in [6, 6.07) is 17.3. The highest BCUT2D eigenvalue weighted by atomic mass is 79.9. The molecule has 0 saturated carbocycles. The molecule has 0 spiro atoms. The third-order valence-corrected chi connectivity index (χ3v) is 4.07.